The first-order valence-electron chi connectivity index (χ1n) is 13.1. The fraction of sp³-hybridized carbons (Fsp3) is 0.571. The Labute approximate surface area is 208 Å². The van der Waals surface area contributed by atoms with E-state index in [1.54, 1.807) is 21.5 Å². The normalized spacial score (nSPS) is 18.7. The molecule has 0 unspecified atom stereocenters. The number of aryl methyl sites for hydroxylation is 1. The van der Waals surface area contributed by atoms with Crippen LogP contribution in [0, 0.1) is 11.3 Å². The van der Waals surface area contributed by atoms with E-state index in [-0.39, 0.29) is 11.5 Å². The van der Waals surface area contributed by atoms with E-state index in [4.69, 9.17) is 10.1 Å². The van der Waals surface area contributed by atoms with Crippen LogP contribution in [0.15, 0.2) is 29.1 Å². The molecule has 2 aromatic heterocycles. The number of hydrogen-bond acceptors (Lipinski definition) is 4. The second-order valence-electron chi connectivity index (χ2n) is 10.8. The monoisotopic (exact) mass is 477 g/mol. The number of aromatic nitrogens is 4. The molecular weight excluding hydrogens is 438 g/mol. The molecule has 7 heteroatoms. The third kappa shape index (κ3) is 4.91. The quantitative estimate of drug-likeness (QED) is 0.512. The Bertz CT molecular complexity index is 1240. The molecule has 35 heavy (non-hydrogen) atoms. The lowest BCUT2D eigenvalue weighted by atomic mass is 9.70. The van der Waals surface area contributed by atoms with Crippen molar-refractivity contribution in [2.75, 3.05) is 13.1 Å². The molecular formula is C28H39N5O2. The second-order valence-corrected chi connectivity index (χ2v) is 10.8. The highest BCUT2D eigenvalue weighted by atomic mass is 16.2. The van der Waals surface area contributed by atoms with Gasteiger partial charge < -0.3 is 9.88 Å². The number of nitrogens with zero attached hydrogens (tertiary/aromatic N) is 4. The van der Waals surface area contributed by atoms with E-state index < -0.39 is 0 Å². The number of fused-ring (bicyclic) bond motifs is 1. The number of rotatable bonds is 6. The van der Waals surface area contributed by atoms with Crippen LogP contribution < -0.4 is 5.56 Å². The van der Waals surface area contributed by atoms with Gasteiger partial charge in [0.05, 0.1) is 5.69 Å². The fourth-order valence-electron chi connectivity index (χ4n) is 5.42. The highest BCUT2D eigenvalue weighted by Crippen LogP contribution is 2.43. The van der Waals surface area contributed by atoms with E-state index in [0.717, 1.165) is 29.9 Å². The third-order valence-corrected chi connectivity index (χ3v) is 7.71. The number of amides is 1. The predicted molar refractivity (Wildman–Crippen MR) is 140 cm³/mol. The van der Waals surface area contributed by atoms with Crippen molar-refractivity contribution in [3.05, 3.63) is 51.7 Å². The summed E-state index contributed by atoms with van der Waals surface area (Å²) in [6.45, 7) is 14.3. The molecule has 1 saturated carbocycles. The van der Waals surface area contributed by atoms with Crippen LogP contribution in [0.4, 0.5) is 0 Å². The minimum Gasteiger partial charge on any atom is -0.339 e. The molecule has 188 valence electrons. The minimum absolute atomic E-state index is 0.00815. The van der Waals surface area contributed by atoms with E-state index in [1.807, 2.05) is 32.9 Å². The summed E-state index contributed by atoms with van der Waals surface area (Å²) in [5.41, 5.74) is 2.91. The number of aromatic amines is 1. The number of carbonyl (C=O) groups excluding carboxylic acids is 1. The minimum atomic E-state index is -0.169. The molecule has 0 aliphatic heterocycles. The van der Waals surface area contributed by atoms with Crippen LogP contribution in [0.5, 0.6) is 0 Å². The number of nitrogens with one attached hydrogen (secondary N) is 1. The van der Waals surface area contributed by atoms with E-state index >= 15 is 0 Å². The third-order valence-electron chi connectivity index (χ3n) is 7.71. The maximum atomic E-state index is 13.2. The van der Waals surface area contributed by atoms with Gasteiger partial charge in [-0.3, -0.25) is 9.59 Å². The summed E-state index contributed by atoms with van der Waals surface area (Å²) in [5, 5.41) is 4.86. The summed E-state index contributed by atoms with van der Waals surface area (Å²) in [6, 6.07) is 7.32. The molecule has 4 rings (SSSR count). The Morgan fingerprint density at radius 1 is 1.06 bits per heavy atom. The van der Waals surface area contributed by atoms with Crippen molar-refractivity contribution in [3.63, 3.8) is 0 Å². The van der Waals surface area contributed by atoms with Crippen molar-refractivity contribution in [1.29, 1.82) is 0 Å². The molecule has 1 fully saturated rings. The Morgan fingerprint density at radius 2 is 1.69 bits per heavy atom. The van der Waals surface area contributed by atoms with Crippen molar-refractivity contribution >= 4 is 11.4 Å². The van der Waals surface area contributed by atoms with E-state index in [0.29, 0.717) is 53.7 Å². The summed E-state index contributed by atoms with van der Waals surface area (Å²) in [7, 11) is 0. The van der Waals surface area contributed by atoms with Gasteiger partial charge in [0.15, 0.2) is 11.3 Å². The zero-order valence-corrected chi connectivity index (χ0v) is 22.0. The average molecular weight is 478 g/mol. The van der Waals surface area contributed by atoms with Gasteiger partial charge in [-0.15, -0.1) is 5.10 Å². The Kier molecular flexibility index (Phi) is 7.15. The first-order chi connectivity index (χ1) is 16.7. The summed E-state index contributed by atoms with van der Waals surface area (Å²) in [4.78, 5) is 35.5. The summed E-state index contributed by atoms with van der Waals surface area (Å²) in [6.07, 6.45) is 5.16. The second kappa shape index (κ2) is 9.96. The number of carbonyl (C=O) groups is 1. The van der Waals surface area contributed by atoms with Crippen LogP contribution in [-0.4, -0.2) is 43.5 Å². The van der Waals surface area contributed by atoms with Crippen molar-refractivity contribution in [2.24, 2.45) is 11.3 Å². The van der Waals surface area contributed by atoms with Gasteiger partial charge in [0.2, 0.25) is 0 Å². The van der Waals surface area contributed by atoms with Crippen molar-refractivity contribution in [3.8, 4) is 11.4 Å². The van der Waals surface area contributed by atoms with Gasteiger partial charge in [0.25, 0.3) is 11.5 Å². The van der Waals surface area contributed by atoms with Gasteiger partial charge in [0.1, 0.15) is 5.82 Å². The summed E-state index contributed by atoms with van der Waals surface area (Å²) in [5.74, 6) is 2.42. The topological polar surface area (TPSA) is 83.4 Å². The molecule has 1 N–H and O–H groups in total. The van der Waals surface area contributed by atoms with E-state index in [2.05, 4.69) is 25.8 Å². The number of H-pyrrole nitrogens is 1. The van der Waals surface area contributed by atoms with Crippen molar-refractivity contribution < 1.29 is 4.79 Å². The van der Waals surface area contributed by atoms with Crippen LogP contribution in [0.1, 0.15) is 95.0 Å². The number of hydrogen-bond donors (Lipinski definition) is 1. The van der Waals surface area contributed by atoms with Gasteiger partial charge in [-0.05, 0) is 69.4 Å². The van der Waals surface area contributed by atoms with Crippen LogP contribution in [0.25, 0.3) is 16.9 Å². The molecule has 1 amide bonds. The summed E-state index contributed by atoms with van der Waals surface area (Å²) < 4.78 is 1.80. The van der Waals surface area contributed by atoms with E-state index in [1.165, 1.54) is 12.8 Å². The standard InChI is InChI=1S/C28H39N5O2/c1-7-22-23-26(34)30-24(18-10-12-20(13-11-18)27(35)32(8-2)9-3)31-33(23)25(29-22)19-14-16-21(17-15-19)28(4,5)6/h10-13,19,21H,7-9,14-17H2,1-6H3,(H,30,31,34). The van der Waals surface area contributed by atoms with Gasteiger partial charge in [-0.2, -0.15) is 0 Å². The first-order valence-corrected chi connectivity index (χ1v) is 13.1. The number of benzene rings is 1. The van der Waals surface area contributed by atoms with Crippen LogP contribution in [0.2, 0.25) is 0 Å². The van der Waals surface area contributed by atoms with Crippen LogP contribution in [-0.2, 0) is 6.42 Å². The lowest BCUT2D eigenvalue weighted by Crippen LogP contribution is -2.30. The van der Waals surface area contributed by atoms with Gasteiger partial charge in [0, 0.05) is 30.1 Å². The van der Waals surface area contributed by atoms with Crippen LogP contribution >= 0.6 is 0 Å². The summed E-state index contributed by atoms with van der Waals surface area (Å²) >= 11 is 0. The first kappa shape index (κ1) is 25.1. The Balaban J connectivity index is 1.69. The molecule has 0 radical (unpaired) electrons. The Hall–Kier alpha value is -2.96. The molecule has 7 nitrogen and oxygen atoms in total. The molecule has 0 spiro atoms. The maximum Gasteiger partial charge on any atom is 0.277 e. The molecule has 0 saturated heterocycles. The average Bonchev–Trinajstić information content (AvgIpc) is 3.23. The molecule has 0 atom stereocenters. The van der Waals surface area contributed by atoms with Gasteiger partial charge in [-0.25, -0.2) is 9.50 Å². The molecule has 1 aromatic carbocycles. The van der Waals surface area contributed by atoms with Crippen LogP contribution in [0.3, 0.4) is 0 Å². The molecule has 0 bridgehead atoms. The van der Waals surface area contributed by atoms with Gasteiger partial charge in [-0.1, -0.05) is 39.8 Å². The predicted octanol–water partition coefficient (Wildman–Crippen LogP) is 5.45. The highest BCUT2D eigenvalue weighted by Gasteiger charge is 2.32. The van der Waals surface area contributed by atoms with Crippen molar-refractivity contribution in [1.82, 2.24) is 24.5 Å². The zero-order valence-electron chi connectivity index (χ0n) is 22.0. The van der Waals surface area contributed by atoms with Gasteiger partial charge >= 0.3 is 0 Å². The largest absolute Gasteiger partial charge is 0.339 e. The lowest BCUT2D eigenvalue weighted by Gasteiger charge is -2.36. The molecule has 1 aliphatic rings. The molecule has 2 heterocycles. The smallest absolute Gasteiger partial charge is 0.277 e. The molecule has 3 aromatic rings. The number of imidazole rings is 1. The fourth-order valence-corrected chi connectivity index (χ4v) is 5.42. The van der Waals surface area contributed by atoms with Crippen molar-refractivity contribution in [2.45, 2.75) is 79.6 Å². The highest BCUT2D eigenvalue weighted by molar-refractivity contribution is 5.94. The Morgan fingerprint density at radius 3 is 2.23 bits per heavy atom. The SMILES string of the molecule is CCc1nc(C2CCC(C(C)(C)C)CC2)n2nc(-c3ccc(C(=O)N(CC)CC)cc3)[nH]c(=O)c12. The molecule has 1 aliphatic carbocycles. The lowest BCUT2D eigenvalue weighted by molar-refractivity contribution is 0.0773. The van der Waals surface area contributed by atoms with E-state index in [9.17, 15) is 9.59 Å². The maximum absolute atomic E-state index is 13.2. The zero-order chi connectivity index (χ0) is 25.3.